The van der Waals surface area contributed by atoms with Gasteiger partial charge in [0.1, 0.15) is 17.9 Å². The number of amides is 3. The Morgan fingerprint density at radius 3 is 2.46 bits per heavy atom. The van der Waals surface area contributed by atoms with Crippen LogP contribution in [0.5, 0.6) is 5.75 Å². The molecule has 0 aliphatic carbocycles. The molecule has 0 bridgehead atoms. The standard InChI is InChI=1S/C29H30ClN5O4/c30-22-7-4-21(5-8-22)6-9-27(36)34-26(19-23-3-1-2-14-32-23)29(38)33-20-28(37)35-17-12-25(13-18-35)39-24-10-15-31-16-11-24/h1-11,14-16,25-26H,12-13,17-20H2,(H,33,38)(H,34,36)/t26-/m0/s1. The molecule has 4 rings (SSSR count). The number of nitrogens with one attached hydrogen (secondary N) is 2. The van der Waals surface area contributed by atoms with Crippen LogP contribution in [0.2, 0.25) is 5.02 Å². The molecule has 3 amide bonds. The Kier molecular flexibility index (Phi) is 10.0. The average molecular weight is 548 g/mol. The Labute approximate surface area is 232 Å². The Balaban J connectivity index is 1.29. The molecule has 1 aromatic carbocycles. The maximum absolute atomic E-state index is 13.0. The SMILES string of the molecule is O=C(C=Cc1ccc(Cl)cc1)N[C@@H](Cc1ccccn1)C(=O)NCC(=O)N1CCC(Oc2ccncc2)CC1. The van der Waals surface area contributed by atoms with Gasteiger partial charge in [0.25, 0.3) is 0 Å². The van der Waals surface area contributed by atoms with E-state index < -0.39 is 17.9 Å². The molecule has 1 atom stereocenters. The van der Waals surface area contributed by atoms with Crippen LogP contribution in [0, 0.1) is 0 Å². The second-order valence-corrected chi connectivity index (χ2v) is 9.51. The Morgan fingerprint density at radius 1 is 1.03 bits per heavy atom. The first-order valence-corrected chi connectivity index (χ1v) is 13.1. The van der Waals surface area contributed by atoms with Crippen molar-refractivity contribution in [1.29, 1.82) is 0 Å². The van der Waals surface area contributed by atoms with Crippen molar-refractivity contribution in [3.63, 3.8) is 0 Å². The number of hydrogen-bond acceptors (Lipinski definition) is 6. The fourth-order valence-electron chi connectivity index (χ4n) is 4.13. The second-order valence-electron chi connectivity index (χ2n) is 9.07. The summed E-state index contributed by atoms with van der Waals surface area (Å²) in [5.74, 6) is -0.330. The van der Waals surface area contributed by atoms with Crippen molar-refractivity contribution in [2.24, 2.45) is 0 Å². The number of pyridine rings is 2. The quantitative estimate of drug-likeness (QED) is 0.377. The number of carbonyl (C=O) groups is 3. The van der Waals surface area contributed by atoms with Gasteiger partial charge in [0, 0.05) is 67.7 Å². The van der Waals surface area contributed by atoms with Crippen molar-refractivity contribution < 1.29 is 19.1 Å². The summed E-state index contributed by atoms with van der Waals surface area (Å²) >= 11 is 5.90. The molecule has 39 heavy (non-hydrogen) atoms. The van der Waals surface area contributed by atoms with Crippen molar-refractivity contribution in [3.05, 3.63) is 95.5 Å². The van der Waals surface area contributed by atoms with Crippen LogP contribution < -0.4 is 15.4 Å². The van der Waals surface area contributed by atoms with Gasteiger partial charge in [-0.1, -0.05) is 29.8 Å². The highest BCUT2D eigenvalue weighted by Gasteiger charge is 2.26. The smallest absolute Gasteiger partial charge is 0.244 e. The summed E-state index contributed by atoms with van der Waals surface area (Å²) in [4.78, 5) is 48.4. The van der Waals surface area contributed by atoms with Gasteiger partial charge in [-0.25, -0.2) is 0 Å². The molecule has 2 N–H and O–H groups in total. The number of benzene rings is 1. The predicted molar refractivity (Wildman–Crippen MR) is 148 cm³/mol. The topological polar surface area (TPSA) is 114 Å². The number of carbonyl (C=O) groups excluding carboxylic acids is 3. The molecule has 0 unspecified atom stereocenters. The molecule has 10 heteroatoms. The number of aromatic nitrogens is 2. The largest absolute Gasteiger partial charge is 0.490 e. The molecule has 1 fully saturated rings. The van der Waals surface area contributed by atoms with Crippen molar-refractivity contribution in [1.82, 2.24) is 25.5 Å². The van der Waals surface area contributed by atoms with E-state index in [0.29, 0.717) is 36.6 Å². The number of halogens is 1. The molecular weight excluding hydrogens is 518 g/mol. The molecule has 0 spiro atoms. The maximum atomic E-state index is 13.0. The van der Waals surface area contributed by atoms with Crippen LogP contribution in [0.25, 0.3) is 6.08 Å². The highest BCUT2D eigenvalue weighted by molar-refractivity contribution is 6.30. The Bertz CT molecular complexity index is 1260. The molecule has 202 valence electrons. The monoisotopic (exact) mass is 547 g/mol. The predicted octanol–water partition coefficient (Wildman–Crippen LogP) is 3.06. The number of nitrogens with zero attached hydrogens (tertiary/aromatic N) is 3. The highest BCUT2D eigenvalue weighted by Crippen LogP contribution is 2.18. The molecule has 9 nitrogen and oxygen atoms in total. The molecule has 3 heterocycles. The molecule has 1 aliphatic heterocycles. The Morgan fingerprint density at radius 2 is 1.77 bits per heavy atom. The van der Waals surface area contributed by atoms with Gasteiger partial charge in [0.15, 0.2) is 0 Å². The number of rotatable bonds is 10. The van der Waals surface area contributed by atoms with Crippen LogP contribution in [0.1, 0.15) is 24.1 Å². The van der Waals surface area contributed by atoms with Gasteiger partial charge in [-0.2, -0.15) is 0 Å². The van der Waals surface area contributed by atoms with E-state index >= 15 is 0 Å². The fraction of sp³-hybridized carbons (Fsp3) is 0.276. The molecule has 0 radical (unpaired) electrons. The van der Waals surface area contributed by atoms with Crippen molar-refractivity contribution in [3.8, 4) is 5.75 Å². The van der Waals surface area contributed by atoms with E-state index in [1.165, 1.54) is 6.08 Å². The summed E-state index contributed by atoms with van der Waals surface area (Å²) in [6.45, 7) is 0.909. The lowest BCUT2D eigenvalue weighted by atomic mass is 10.1. The van der Waals surface area contributed by atoms with Crippen LogP contribution in [0.3, 0.4) is 0 Å². The van der Waals surface area contributed by atoms with Gasteiger partial charge >= 0.3 is 0 Å². The van der Waals surface area contributed by atoms with Crippen LogP contribution in [-0.4, -0.2) is 64.4 Å². The van der Waals surface area contributed by atoms with Gasteiger partial charge in [-0.05, 0) is 48.0 Å². The van der Waals surface area contributed by atoms with Gasteiger partial charge in [0.2, 0.25) is 17.7 Å². The zero-order valence-corrected chi connectivity index (χ0v) is 22.1. The number of likely N-dealkylation sites (tertiary alicyclic amines) is 1. The second kappa shape index (κ2) is 14.1. The lowest BCUT2D eigenvalue weighted by Gasteiger charge is -2.32. The Hall–Kier alpha value is -4.24. The molecule has 0 saturated carbocycles. The first kappa shape index (κ1) is 27.8. The van der Waals surface area contributed by atoms with E-state index in [2.05, 4.69) is 20.6 Å². The highest BCUT2D eigenvalue weighted by atomic mass is 35.5. The van der Waals surface area contributed by atoms with Gasteiger partial charge in [-0.3, -0.25) is 24.4 Å². The van der Waals surface area contributed by atoms with Gasteiger partial charge in [0.05, 0.1) is 6.54 Å². The molecular formula is C29H30ClN5O4. The summed E-state index contributed by atoms with van der Waals surface area (Å²) in [7, 11) is 0. The average Bonchev–Trinajstić information content (AvgIpc) is 2.96. The van der Waals surface area contributed by atoms with Crippen molar-refractivity contribution in [2.75, 3.05) is 19.6 Å². The van der Waals surface area contributed by atoms with E-state index in [4.69, 9.17) is 16.3 Å². The molecule has 1 saturated heterocycles. The third-order valence-corrected chi connectivity index (χ3v) is 6.48. The first-order valence-electron chi connectivity index (χ1n) is 12.7. The minimum Gasteiger partial charge on any atom is -0.490 e. The lowest BCUT2D eigenvalue weighted by Crippen LogP contribution is -2.51. The van der Waals surface area contributed by atoms with Crippen LogP contribution >= 0.6 is 11.6 Å². The molecule has 3 aromatic rings. The fourth-order valence-corrected chi connectivity index (χ4v) is 4.26. The van der Waals surface area contributed by atoms with E-state index in [0.717, 1.165) is 11.3 Å². The van der Waals surface area contributed by atoms with Gasteiger partial charge in [-0.15, -0.1) is 0 Å². The van der Waals surface area contributed by atoms with E-state index in [9.17, 15) is 14.4 Å². The maximum Gasteiger partial charge on any atom is 0.244 e. The third-order valence-electron chi connectivity index (χ3n) is 6.23. The summed E-state index contributed by atoms with van der Waals surface area (Å²) in [5.41, 5.74) is 1.43. The van der Waals surface area contributed by atoms with E-state index in [1.54, 1.807) is 78.1 Å². The van der Waals surface area contributed by atoms with E-state index in [1.807, 2.05) is 6.07 Å². The number of hydrogen-bond donors (Lipinski definition) is 2. The van der Waals surface area contributed by atoms with Crippen LogP contribution in [-0.2, 0) is 20.8 Å². The minimum absolute atomic E-state index is 0.0185. The summed E-state index contributed by atoms with van der Waals surface area (Å²) in [6, 6.07) is 15.1. The summed E-state index contributed by atoms with van der Waals surface area (Å²) in [5, 5.41) is 6.01. The zero-order chi connectivity index (χ0) is 27.5. The van der Waals surface area contributed by atoms with Crippen LogP contribution in [0.4, 0.5) is 0 Å². The van der Waals surface area contributed by atoms with Gasteiger partial charge < -0.3 is 20.3 Å². The minimum atomic E-state index is -0.908. The summed E-state index contributed by atoms with van der Waals surface area (Å²) < 4.78 is 5.95. The van der Waals surface area contributed by atoms with Crippen LogP contribution in [0.15, 0.2) is 79.3 Å². The number of piperidine rings is 1. The van der Waals surface area contributed by atoms with Crippen molar-refractivity contribution in [2.45, 2.75) is 31.4 Å². The molecule has 2 aromatic heterocycles. The lowest BCUT2D eigenvalue weighted by molar-refractivity contribution is -0.135. The number of ether oxygens (including phenoxy) is 1. The molecule has 1 aliphatic rings. The van der Waals surface area contributed by atoms with Crippen molar-refractivity contribution >= 4 is 35.4 Å². The normalized spacial score (nSPS) is 14.5. The summed E-state index contributed by atoms with van der Waals surface area (Å²) in [6.07, 6.45) is 9.55. The third kappa shape index (κ3) is 8.93. The first-order chi connectivity index (χ1) is 19.0. The van der Waals surface area contributed by atoms with E-state index in [-0.39, 0.29) is 25.0 Å². The zero-order valence-electron chi connectivity index (χ0n) is 21.3.